The van der Waals surface area contributed by atoms with Gasteiger partial charge >= 0.3 is 5.69 Å². The van der Waals surface area contributed by atoms with Gasteiger partial charge in [0.25, 0.3) is 0 Å². The summed E-state index contributed by atoms with van der Waals surface area (Å²) >= 11 is 0. The SMILES string of the molecule is CC1(C)CCCC(Nc2cccc(C#N)c2[N+](=O)[O-])C1. The van der Waals surface area contributed by atoms with Crippen molar-refractivity contribution in [2.45, 2.75) is 45.6 Å². The predicted octanol–water partition coefficient (Wildman–Crippen LogP) is 3.85. The number of para-hydroxylation sites is 1. The smallest absolute Gasteiger partial charge is 0.309 e. The van der Waals surface area contributed by atoms with Crippen LogP contribution in [0.15, 0.2) is 18.2 Å². The van der Waals surface area contributed by atoms with Crippen molar-refractivity contribution in [3.8, 4) is 6.07 Å². The van der Waals surface area contributed by atoms with E-state index >= 15 is 0 Å². The molecule has 106 valence electrons. The molecule has 5 heteroatoms. The highest BCUT2D eigenvalue weighted by molar-refractivity contribution is 5.68. The molecule has 1 saturated carbocycles. The molecular formula is C15H19N3O2. The van der Waals surface area contributed by atoms with E-state index in [0.717, 1.165) is 19.3 Å². The summed E-state index contributed by atoms with van der Waals surface area (Å²) in [5.74, 6) is 0. The Bertz CT molecular complexity index is 561. The van der Waals surface area contributed by atoms with Crippen LogP contribution in [0.1, 0.15) is 45.1 Å². The molecule has 1 unspecified atom stereocenters. The molecule has 1 aliphatic carbocycles. The number of nitro groups is 1. The van der Waals surface area contributed by atoms with Crippen molar-refractivity contribution < 1.29 is 4.92 Å². The van der Waals surface area contributed by atoms with E-state index in [9.17, 15) is 10.1 Å². The molecule has 0 spiro atoms. The van der Waals surface area contributed by atoms with E-state index in [1.165, 1.54) is 12.5 Å². The van der Waals surface area contributed by atoms with Crippen molar-refractivity contribution in [2.24, 2.45) is 5.41 Å². The fraction of sp³-hybridized carbons (Fsp3) is 0.533. The third-order valence-electron chi connectivity index (χ3n) is 3.90. The number of rotatable bonds is 3. The predicted molar refractivity (Wildman–Crippen MR) is 77.5 cm³/mol. The van der Waals surface area contributed by atoms with Gasteiger partial charge in [-0.3, -0.25) is 10.1 Å². The second kappa shape index (κ2) is 5.49. The molecule has 1 fully saturated rings. The molecule has 1 N–H and O–H groups in total. The fourth-order valence-electron chi connectivity index (χ4n) is 2.99. The Hall–Kier alpha value is -2.09. The molecule has 5 nitrogen and oxygen atoms in total. The first-order valence-corrected chi connectivity index (χ1v) is 6.87. The maximum Gasteiger partial charge on any atom is 0.309 e. The van der Waals surface area contributed by atoms with Gasteiger partial charge < -0.3 is 5.32 Å². The first-order chi connectivity index (χ1) is 9.43. The van der Waals surface area contributed by atoms with Crippen molar-refractivity contribution in [1.82, 2.24) is 0 Å². The van der Waals surface area contributed by atoms with Crippen molar-refractivity contribution in [2.75, 3.05) is 5.32 Å². The van der Waals surface area contributed by atoms with Crippen molar-refractivity contribution in [3.05, 3.63) is 33.9 Å². The third-order valence-corrected chi connectivity index (χ3v) is 3.90. The first kappa shape index (κ1) is 14.3. The summed E-state index contributed by atoms with van der Waals surface area (Å²) in [5.41, 5.74) is 0.711. The Morgan fingerprint density at radius 3 is 2.85 bits per heavy atom. The van der Waals surface area contributed by atoms with E-state index in [2.05, 4.69) is 19.2 Å². The summed E-state index contributed by atoms with van der Waals surface area (Å²) in [7, 11) is 0. The Morgan fingerprint density at radius 2 is 2.25 bits per heavy atom. The zero-order chi connectivity index (χ0) is 14.8. The Balaban J connectivity index is 2.26. The highest BCUT2D eigenvalue weighted by Crippen LogP contribution is 2.38. The number of nitrogens with one attached hydrogen (secondary N) is 1. The summed E-state index contributed by atoms with van der Waals surface area (Å²) < 4.78 is 0. The molecule has 1 atom stereocenters. The van der Waals surface area contributed by atoms with Crippen molar-refractivity contribution in [3.63, 3.8) is 0 Å². The molecule has 0 radical (unpaired) electrons. The Morgan fingerprint density at radius 1 is 1.50 bits per heavy atom. The van der Waals surface area contributed by atoms with Crippen LogP contribution < -0.4 is 5.32 Å². The number of nitro benzene ring substituents is 1. The maximum absolute atomic E-state index is 11.2. The summed E-state index contributed by atoms with van der Waals surface area (Å²) in [4.78, 5) is 10.7. The molecular weight excluding hydrogens is 254 g/mol. The van der Waals surface area contributed by atoms with Crippen LogP contribution in [0.2, 0.25) is 0 Å². The van der Waals surface area contributed by atoms with E-state index in [-0.39, 0.29) is 22.7 Å². The fourth-order valence-corrected chi connectivity index (χ4v) is 2.99. The van der Waals surface area contributed by atoms with Crippen molar-refractivity contribution in [1.29, 1.82) is 5.26 Å². The number of hydrogen-bond acceptors (Lipinski definition) is 4. The van der Waals surface area contributed by atoms with Crippen LogP contribution in [0.5, 0.6) is 0 Å². The molecule has 1 aromatic carbocycles. The number of anilines is 1. The summed E-state index contributed by atoms with van der Waals surface area (Å²) in [6.45, 7) is 4.45. The average Bonchev–Trinajstić information content (AvgIpc) is 2.36. The molecule has 2 rings (SSSR count). The van der Waals surface area contributed by atoms with E-state index < -0.39 is 4.92 Å². The van der Waals surface area contributed by atoms with Crippen LogP contribution in [-0.2, 0) is 0 Å². The zero-order valence-corrected chi connectivity index (χ0v) is 11.8. The molecule has 1 aromatic rings. The van der Waals surface area contributed by atoms with Gasteiger partial charge in [-0.15, -0.1) is 0 Å². The number of nitrogens with zero attached hydrogens (tertiary/aromatic N) is 2. The highest BCUT2D eigenvalue weighted by atomic mass is 16.6. The van der Waals surface area contributed by atoms with E-state index in [4.69, 9.17) is 5.26 Å². The molecule has 0 bridgehead atoms. The average molecular weight is 273 g/mol. The van der Waals surface area contributed by atoms with Gasteiger partial charge in [-0.1, -0.05) is 26.3 Å². The molecule has 20 heavy (non-hydrogen) atoms. The molecule has 0 aliphatic heterocycles. The highest BCUT2D eigenvalue weighted by Gasteiger charge is 2.29. The first-order valence-electron chi connectivity index (χ1n) is 6.87. The summed E-state index contributed by atoms with van der Waals surface area (Å²) in [6.07, 6.45) is 4.31. The standard InChI is InChI=1S/C15H19N3O2/c1-15(2)8-4-6-12(9-15)17-13-7-3-5-11(10-16)14(13)18(19)20/h3,5,7,12,17H,4,6,8-9H2,1-2H3. The lowest BCUT2D eigenvalue weighted by atomic mass is 9.75. The minimum atomic E-state index is -0.477. The van der Waals surface area contributed by atoms with Gasteiger partial charge in [0.05, 0.1) is 4.92 Å². The van der Waals surface area contributed by atoms with Gasteiger partial charge in [-0.2, -0.15) is 5.26 Å². The normalized spacial score (nSPS) is 20.9. The van der Waals surface area contributed by atoms with E-state index in [1.54, 1.807) is 12.1 Å². The second-order valence-electron chi connectivity index (χ2n) is 6.17. The summed E-state index contributed by atoms with van der Waals surface area (Å²) in [5, 5.41) is 23.5. The number of nitriles is 1. The summed E-state index contributed by atoms with van der Waals surface area (Å²) in [6, 6.07) is 6.96. The van der Waals surface area contributed by atoms with Gasteiger partial charge in [0.2, 0.25) is 0 Å². The maximum atomic E-state index is 11.2. The second-order valence-corrected chi connectivity index (χ2v) is 6.17. The number of hydrogen-bond donors (Lipinski definition) is 1. The number of benzene rings is 1. The Labute approximate surface area is 118 Å². The van der Waals surface area contributed by atoms with Crippen LogP contribution >= 0.6 is 0 Å². The van der Waals surface area contributed by atoms with Crippen molar-refractivity contribution >= 4 is 11.4 Å². The van der Waals surface area contributed by atoms with Crippen LogP contribution in [0.25, 0.3) is 0 Å². The minimum Gasteiger partial charge on any atom is -0.377 e. The lowest BCUT2D eigenvalue weighted by Crippen LogP contribution is -2.32. The topological polar surface area (TPSA) is 79.0 Å². The van der Waals surface area contributed by atoms with Crippen LogP contribution in [0.4, 0.5) is 11.4 Å². The van der Waals surface area contributed by atoms with Gasteiger partial charge in [-0.05, 0) is 36.8 Å². The van der Waals surface area contributed by atoms with E-state index in [1.807, 2.05) is 6.07 Å². The van der Waals surface area contributed by atoms with Crippen LogP contribution in [0.3, 0.4) is 0 Å². The van der Waals surface area contributed by atoms with Crippen LogP contribution in [0, 0.1) is 26.9 Å². The van der Waals surface area contributed by atoms with Crippen LogP contribution in [-0.4, -0.2) is 11.0 Å². The van der Waals surface area contributed by atoms with E-state index in [0.29, 0.717) is 5.69 Å². The largest absolute Gasteiger partial charge is 0.377 e. The van der Waals surface area contributed by atoms with Gasteiger partial charge in [-0.25, -0.2) is 0 Å². The minimum absolute atomic E-state index is 0.107. The lowest BCUT2D eigenvalue weighted by molar-refractivity contribution is -0.384. The lowest BCUT2D eigenvalue weighted by Gasteiger charge is -2.35. The molecule has 0 saturated heterocycles. The zero-order valence-electron chi connectivity index (χ0n) is 11.8. The van der Waals surface area contributed by atoms with Gasteiger partial charge in [0.1, 0.15) is 17.3 Å². The van der Waals surface area contributed by atoms with Gasteiger partial charge in [0.15, 0.2) is 0 Å². The molecule has 0 heterocycles. The third kappa shape index (κ3) is 3.08. The Kier molecular flexibility index (Phi) is 3.93. The molecule has 1 aliphatic rings. The molecule has 0 aromatic heterocycles. The molecule has 0 amide bonds. The van der Waals surface area contributed by atoms with Gasteiger partial charge in [0, 0.05) is 6.04 Å². The quantitative estimate of drug-likeness (QED) is 0.670. The monoisotopic (exact) mass is 273 g/mol.